The van der Waals surface area contributed by atoms with Crippen molar-refractivity contribution < 1.29 is 9.53 Å². The molecule has 1 amide bonds. The molecule has 0 aromatic carbocycles. The van der Waals surface area contributed by atoms with E-state index in [-0.39, 0.29) is 6.04 Å². The van der Waals surface area contributed by atoms with Gasteiger partial charge >= 0.3 is 6.09 Å². The van der Waals surface area contributed by atoms with Crippen molar-refractivity contribution in [2.45, 2.75) is 64.5 Å². The molecule has 120 valence electrons. The maximum absolute atomic E-state index is 11.8. The third-order valence-corrected chi connectivity index (χ3v) is 4.14. The highest BCUT2D eigenvalue weighted by atomic mass is 32.2. The van der Waals surface area contributed by atoms with Crippen molar-refractivity contribution in [2.24, 2.45) is 0 Å². The first-order valence-electron chi connectivity index (χ1n) is 7.25. The maximum Gasteiger partial charge on any atom is 0.408 e. The van der Waals surface area contributed by atoms with Crippen molar-refractivity contribution in [3.8, 4) is 0 Å². The first-order valence-corrected chi connectivity index (χ1v) is 8.54. The molecule has 0 spiro atoms. The predicted octanol–water partition coefficient (Wildman–Crippen LogP) is 3.61. The molecule has 0 bridgehead atoms. The van der Waals surface area contributed by atoms with Crippen molar-refractivity contribution >= 4 is 17.9 Å². The monoisotopic (exact) mass is 313 g/mol. The van der Waals surface area contributed by atoms with Gasteiger partial charge in [-0.25, -0.2) is 9.78 Å². The quantitative estimate of drug-likeness (QED) is 0.871. The Kier molecular flexibility index (Phi) is 6.58. The number of rotatable bonds is 6. The topological polar surface area (TPSA) is 56.2 Å². The summed E-state index contributed by atoms with van der Waals surface area (Å²) < 4.78 is 7.37. The number of imidazole rings is 1. The van der Waals surface area contributed by atoms with Crippen LogP contribution in [0.15, 0.2) is 12.5 Å². The zero-order valence-electron chi connectivity index (χ0n) is 13.8. The smallest absolute Gasteiger partial charge is 0.408 e. The van der Waals surface area contributed by atoms with Gasteiger partial charge in [0.2, 0.25) is 0 Å². The minimum atomic E-state index is -0.488. The van der Waals surface area contributed by atoms with E-state index < -0.39 is 11.7 Å². The van der Waals surface area contributed by atoms with Gasteiger partial charge in [0.05, 0.1) is 24.3 Å². The van der Waals surface area contributed by atoms with Crippen molar-refractivity contribution in [1.29, 1.82) is 0 Å². The van der Waals surface area contributed by atoms with E-state index in [0.29, 0.717) is 5.25 Å². The summed E-state index contributed by atoms with van der Waals surface area (Å²) in [5, 5.41) is 3.46. The Morgan fingerprint density at radius 1 is 1.48 bits per heavy atom. The summed E-state index contributed by atoms with van der Waals surface area (Å²) in [6.07, 6.45) is 6.40. The molecule has 0 fully saturated rings. The molecule has 1 heterocycles. The van der Waals surface area contributed by atoms with E-state index in [1.165, 1.54) is 0 Å². The number of aryl methyl sites for hydroxylation is 1. The van der Waals surface area contributed by atoms with E-state index in [2.05, 4.69) is 28.0 Å². The molecule has 1 N–H and O–H groups in total. The Hall–Kier alpha value is -1.17. The number of hydrogen-bond acceptors (Lipinski definition) is 4. The molecule has 0 aliphatic rings. The van der Waals surface area contributed by atoms with Crippen molar-refractivity contribution in [1.82, 2.24) is 14.9 Å². The molecule has 0 aliphatic carbocycles. The van der Waals surface area contributed by atoms with Crippen LogP contribution in [-0.4, -0.2) is 32.8 Å². The summed E-state index contributed by atoms with van der Waals surface area (Å²) in [6, 6.07) is -0.132. The van der Waals surface area contributed by atoms with Gasteiger partial charge in [-0.15, -0.1) is 0 Å². The van der Waals surface area contributed by atoms with Crippen LogP contribution in [0.4, 0.5) is 4.79 Å². The summed E-state index contributed by atoms with van der Waals surface area (Å²) in [5.41, 5.74) is 0.506. The number of carbonyl (C=O) groups excluding carboxylic acids is 1. The Labute approximate surface area is 131 Å². The standard InChI is InChI=1S/C15H27N3O2S/c1-11(21-6)7-8-18-10-16-9-13(18)12(2)17-14(19)20-15(3,4)5/h9-12H,7-8H2,1-6H3,(H,17,19). The number of aromatic nitrogens is 2. The Morgan fingerprint density at radius 3 is 2.71 bits per heavy atom. The fourth-order valence-corrected chi connectivity index (χ4v) is 2.22. The molecule has 1 aromatic heterocycles. The minimum absolute atomic E-state index is 0.132. The molecule has 0 saturated heterocycles. The third-order valence-electron chi connectivity index (χ3n) is 3.10. The second-order valence-electron chi connectivity index (χ2n) is 6.21. The van der Waals surface area contributed by atoms with E-state index in [0.717, 1.165) is 18.7 Å². The number of hydrogen-bond donors (Lipinski definition) is 1. The summed E-state index contributed by atoms with van der Waals surface area (Å²) in [4.78, 5) is 16.0. The van der Waals surface area contributed by atoms with Gasteiger partial charge in [0, 0.05) is 11.8 Å². The van der Waals surface area contributed by atoms with Crippen molar-refractivity contribution in [3.05, 3.63) is 18.2 Å². The summed E-state index contributed by atoms with van der Waals surface area (Å²) in [6.45, 7) is 10.6. The van der Waals surface area contributed by atoms with Gasteiger partial charge in [0.15, 0.2) is 0 Å². The summed E-state index contributed by atoms with van der Waals surface area (Å²) >= 11 is 1.85. The number of amides is 1. The van der Waals surface area contributed by atoms with Crippen molar-refractivity contribution in [2.75, 3.05) is 6.26 Å². The van der Waals surface area contributed by atoms with Crippen LogP contribution in [0.5, 0.6) is 0 Å². The molecular formula is C15H27N3O2S. The van der Waals surface area contributed by atoms with Gasteiger partial charge < -0.3 is 14.6 Å². The molecule has 0 aliphatic heterocycles. The fourth-order valence-electron chi connectivity index (χ4n) is 1.88. The molecular weight excluding hydrogens is 286 g/mol. The van der Waals surface area contributed by atoms with Crippen LogP contribution in [0.25, 0.3) is 0 Å². The molecule has 0 radical (unpaired) electrons. The lowest BCUT2D eigenvalue weighted by Crippen LogP contribution is -2.34. The third kappa shape index (κ3) is 6.42. The molecule has 1 aromatic rings. The second-order valence-corrected chi connectivity index (χ2v) is 7.49. The van der Waals surface area contributed by atoms with Crippen LogP contribution in [-0.2, 0) is 11.3 Å². The molecule has 0 saturated carbocycles. The number of carbonyl (C=O) groups is 1. The van der Waals surface area contributed by atoms with Crippen LogP contribution >= 0.6 is 11.8 Å². The van der Waals surface area contributed by atoms with Gasteiger partial charge in [-0.05, 0) is 40.4 Å². The van der Waals surface area contributed by atoms with Gasteiger partial charge in [-0.1, -0.05) is 6.92 Å². The van der Waals surface area contributed by atoms with Crippen molar-refractivity contribution in [3.63, 3.8) is 0 Å². The average Bonchev–Trinajstić information content (AvgIpc) is 2.81. The van der Waals surface area contributed by atoms with Crippen LogP contribution in [0.2, 0.25) is 0 Å². The van der Waals surface area contributed by atoms with E-state index in [9.17, 15) is 4.79 Å². The predicted molar refractivity (Wildman–Crippen MR) is 87.6 cm³/mol. The average molecular weight is 313 g/mol. The van der Waals surface area contributed by atoms with E-state index >= 15 is 0 Å². The van der Waals surface area contributed by atoms with Gasteiger partial charge in [0.25, 0.3) is 0 Å². The van der Waals surface area contributed by atoms with E-state index in [4.69, 9.17) is 4.74 Å². The van der Waals surface area contributed by atoms with Crippen LogP contribution in [0.1, 0.15) is 52.8 Å². The zero-order chi connectivity index (χ0) is 16.0. The number of thioether (sulfide) groups is 1. The van der Waals surface area contributed by atoms with Crippen LogP contribution < -0.4 is 5.32 Å². The van der Waals surface area contributed by atoms with E-state index in [1.54, 1.807) is 6.20 Å². The van der Waals surface area contributed by atoms with Gasteiger partial charge in [-0.3, -0.25) is 0 Å². The normalized spacial score (nSPS) is 14.6. The fraction of sp³-hybridized carbons (Fsp3) is 0.733. The largest absolute Gasteiger partial charge is 0.444 e. The van der Waals surface area contributed by atoms with Gasteiger partial charge in [-0.2, -0.15) is 11.8 Å². The Balaban J connectivity index is 2.60. The highest BCUT2D eigenvalue weighted by Gasteiger charge is 2.19. The van der Waals surface area contributed by atoms with E-state index in [1.807, 2.05) is 45.8 Å². The summed E-state index contributed by atoms with van der Waals surface area (Å²) in [5.74, 6) is 0. The van der Waals surface area contributed by atoms with Gasteiger partial charge in [0.1, 0.15) is 5.60 Å². The lowest BCUT2D eigenvalue weighted by molar-refractivity contribution is 0.0506. The molecule has 5 nitrogen and oxygen atoms in total. The maximum atomic E-state index is 11.8. The zero-order valence-corrected chi connectivity index (χ0v) is 14.7. The lowest BCUT2D eigenvalue weighted by Gasteiger charge is -2.22. The number of nitrogens with one attached hydrogen (secondary N) is 1. The minimum Gasteiger partial charge on any atom is -0.444 e. The number of alkyl carbamates (subject to hydrolysis) is 1. The lowest BCUT2D eigenvalue weighted by atomic mass is 10.2. The Morgan fingerprint density at radius 2 is 2.14 bits per heavy atom. The molecule has 2 atom stereocenters. The first kappa shape index (κ1) is 17.9. The molecule has 6 heteroatoms. The van der Waals surface area contributed by atoms with Crippen LogP contribution in [0, 0.1) is 0 Å². The SMILES string of the molecule is CSC(C)CCn1cncc1C(C)NC(=O)OC(C)(C)C. The summed E-state index contributed by atoms with van der Waals surface area (Å²) in [7, 11) is 0. The highest BCUT2D eigenvalue weighted by molar-refractivity contribution is 7.99. The molecule has 21 heavy (non-hydrogen) atoms. The second kappa shape index (κ2) is 7.73. The molecule has 1 rings (SSSR count). The first-order chi connectivity index (χ1) is 9.73. The number of nitrogens with zero attached hydrogens (tertiary/aromatic N) is 2. The number of ether oxygens (including phenoxy) is 1. The Bertz CT molecular complexity index is 454. The molecule has 2 unspecified atom stereocenters. The van der Waals surface area contributed by atoms with Crippen LogP contribution in [0.3, 0.4) is 0 Å². The highest BCUT2D eigenvalue weighted by Crippen LogP contribution is 2.16.